The molecule has 0 aliphatic rings. The van der Waals surface area contributed by atoms with Gasteiger partial charge in [-0.25, -0.2) is 4.98 Å². The van der Waals surface area contributed by atoms with Gasteiger partial charge in [0.05, 0.1) is 0 Å². The first-order chi connectivity index (χ1) is 14.3. The van der Waals surface area contributed by atoms with Gasteiger partial charge in [0.1, 0.15) is 23.8 Å². The molecule has 4 aromatic rings. The van der Waals surface area contributed by atoms with Gasteiger partial charge in [0.25, 0.3) is 0 Å². The zero-order valence-electron chi connectivity index (χ0n) is 15.8. The van der Waals surface area contributed by atoms with Gasteiger partial charge in [-0.15, -0.1) is 10.2 Å². The van der Waals surface area contributed by atoms with Crippen molar-refractivity contribution in [3.8, 4) is 17.2 Å². The molecule has 0 bridgehead atoms. The van der Waals surface area contributed by atoms with Gasteiger partial charge >= 0.3 is 0 Å². The number of nitrogens with zero attached hydrogens (tertiary/aromatic N) is 4. The number of hydrogen-bond acceptors (Lipinski definition) is 6. The molecular formula is C22H19N5O2. The van der Waals surface area contributed by atoms with Crippen molar-refractivity contribution < 1.29 is 9.15 Å². The van der Waals surface area contributed by atoms with E-state index in [1.807, 2.05) is 79.7 Å². The van der Waals surface area contributed by atoms with E-state index in [-0.39, 0.29) is 0 Å². The van der Waals surface area contributed by atoms with Gasteiger partial charge in [-0.1, -0.05) is 48.6 Å². The molecule has 0 aliphatic carbocycles. The maximum Gasteiger partial charge on any atom is 0.226 e. The molecule has 0 unspecified atom stereocenters. The Bertz CT molecular complexity index is 1100. The standard InChI is InChI=1S/C22H19N5O2/c1-16-20(23-22(29-16)18-8-3-2-4-9-18)15-28-19-13-11-17(12-14-19)7-5-6-10-21-24-26-27-25-21/h2-14H,15H2,1H3,(H,24,25,26,27)/b7-5+,10-6+. The number of rotatable bonds is 7. The fourth-order valence-corrected chi connectivity index (χ4v) is 2.64. The average molecular weight is 385 g/mol. The van der Waals surface area contributed by atoms with Gasteiger partial charge in [-0.3, -0.25) is 0 Å². The van der Waals surface area contributed by atoms with Gasteiger partial charge in [0.15, 0.2) is 5.82 Å². The summed E-state index contributed by atoms with van der Waals surface area (Å²) >= 11 is 0. The largest absolute Gasteiger partial charge is 0.487 e. The molecule has 0 saturated heterocycles. The van der Waals surface area contributed by atoms with Crippen LogP contribution in [0.25, 0.3) is 23.6 Å². The van der Waals surface area contributed by atoms with Crippen LogP contribution in [0.1, 0.15) is 22.8 Å². The van der Waals surface area contributed by atoms with Crippen LogP contribution in [0.15, 0.2) is 71.2 Å². The van der Waals surface area contributed by atoms with Crippen LogP contribution < -0.4 is 4.74 Å². The number of allylic oxidation sites excluding steroid dienone is 2. The highest BCUT2D eigenvalue weighted by Gasteiger charge is 2.11. The van der Waals surface area contributed by atoms with Gasteiger partial charge < -0.3 is 9.15 Å². The second-order valence-electron chi connectivity index (χ2n) is 6.23. The van der Waals surface area contributed by atoms with Crippen molar-refractivity contribution in [1.29, 1.82) is 0 Å². The summed E-state index contributed by atoms with van der Waals surface area (Å²) in [7, 11) is 0. The predicted octanol–water partition coefficient (Wildman–Crippen LogP) is 4.47. The number of tetrazole rings is 1. The average Bonchev–Trinajstić information content (AvgIpc) is 3.41. The van der Waals surface area contributed by atoms with Gasteiger partial charge in [0, 0.05) is 5.56 Å². The Morgan fingerprint density at radius 3 is 2.55 bits per heavy atom. The maximum atomic E-state index is 5.86. The Labute approximate surface area is 167 Å². The first kappa shape index (κ1) is 18.4. The van der Waals surface area contributed by atoms with Crippen molar-refractivity contribution in [1.82, 2.24) is 25.6 Å². The zero-order chi connectivity index (χ0) is 19.9. The van der Waals surface area contributed by atoms with E-state index < -0.39 is 0 Å². The number of oxazole rings is 1. The van der Waals surface area contributed by atoms with E-state index in [2.05, 4.69) is 25.6 Å². The van der Waals surface area contributed by atoms with Gasteiger partial charge in [-0.05, 0) is 48.0 Å². The minimum atomic E-state index is 0.352. The molecule has 7 heteroatoms. The topological polar surface area (TPSA) is 89.7 Å². The molecule has 2 heterocycles. The van der Waals surface area contributed by atoms with Crippen molar-refractivity contribution in [2.24, 2.45) is 0 Å². The van der Waals surface area contributed by atoms with Crippen LogP contribution in [0.5, 0.6) is 5.75 Å². The number of H-pyrrole nitrogens is 1. The lowest BCUT2D eigenvalue weighted by atomic mass is 10.2. The minimum absolute atomic E-state index is 0.352. The first-order valence-corrected chi connectivity index (χ1v) is 9.11. The predicted molar refractivity (Wildman–Crippen MR) is 110 cm³/mol. The molecule has 0 radical (unpaired) electrons. The summed E-state index contributed by atoms with van der Waals surface area (Å²) in [5.74, 6) is 2.68. The Hall–Kier alpha value is -4.00. The number of benzene rings is 2. The lowest BCUT2D eigenvalue weighted by molar-refractivity contribution is 0.299. The first-order valence-electron chi connectivity index (χ1n) is 9.11. The molecule has 0 fully saturated rings. The number of ether oxygens (including phenoxy) is 1. The SMILES string of the molecule is Cc1oc(-c2ccccc2)nc1COc1ccc(/C=C/C=C/c2nn[nH]n2)cc1. The summed E-state index contributed by atoms with van der Waals surface area (Å²) in [4.78, 5) is 4.56. The van der Waals surface area contributed by atoms with Crippen LogP contribution in [0, 0.1) is 6.92 Å². The van der Waals surface area contributed by atoms with E-state index in [0.717, 1.165) is 28.3 Å². The molecule has 29 heavy (non-hydrogen) atoms. The summed E-state index contributed by atoms with van der Waals surface area (Å²) in [6.07, 6.45) is 7.51. The third kappa shape index (κ3) is 4.84. The van der Waals surface area contributed by atoms with E-state index >= 15 is 0 Å². The van der Waals surface area contributed by atoms with Gasteiger partial charge in [-0.2, -0.15) is 5.21 Å². The summed E-state index contributed by atoms with van der Waals surface area (Å²) < 4.78 is 11.6. The lowest BCUT2D eigenvalue weighted by Gasteiger charge is -2.04. The van der Waals surface area contributed by atoms with E-state index in [9.17, 15) is 0 Å². The summed E-state index contributed by atoms with van der Waals surface area (Å²) in [5.41, 5.74) is 2.80. The van der Waals surface area contributed by atoms with Crippen LogP contribution in [-0.4, -0.2) is 25.6 Å². The molecule has 7 nitrogen and oxygen atoms in total. The highest BCUT2D eigenvalue weighted by Crippen LogP contribution is 2.22. The molecule has 0 atom stereocenters. The number of aromatic nitrogens is 5. The molecule has 2 aromatic heterocycles. The highest BCUT2D eigenvalue weighted by atomic mass is 16.5. The molecule has 0 amide bonds. The van der Waals surface area contributed by atoms with Crippen molar-refractivity contribution in [2.45, 2.75) is 13.5 Å². The van der Waals surface area contributed by atoms with Crippen LogP contribution in [0.4, 0.5) is 0 Å². The molecule has 0 spiro atoms. The fourth-order valence-electron chi connectivity index (χ4n) is 2.64. The second kappa shape index (κ2) is 8.79. The summed E-state index contributed by atoms with van der Waals surface area (Å²) in [5, 5.41) is 13.6. The van der Waals surface area contributed by atoms with Gasteiger partial charge in [0.2, 0.25) is 5.89 Å². The third-order valence-corrected chi connectivity index (χ3v) is 4.18. The minimum Gasteiger partial charge on any atom is -0.487 e. The van der Waals surface area contributed by atoms with Crippen LogP contribution >= 0.6 is 0 Å². The molecule has 4 rings (SSSR count). The number of hydrogen-bond donors (Lipinski definition) is 1. The molecule has 0 saturated carbocycles. The van der Waals surface area contributed by atoms with Crippen molar-refractivity contribution in [2.75, 3.05) is 0 Å². The molecule has 0 aliphatic heterocycles. The molecule has 2 aromatic carbocycles. The van der Waals surface area contributed by atoms with Crippen molar-refractivity contribution in [3.63, 3.8) is 0 Å². The van der Waals surface area contributed by atoms with Crippen molar-refractivity contribution in [3.05, 3.63) is 89.6 Å². The van der Waals surface area contributed by atoms with Crippen LogP contribution in [-0.2, 0) is 6.61 Å². The van der Waals surface area contributed by atoms with Crippen LogP contribution in [0.3, 0.4) is 0 Å². The summed E-state index contributed by atoms with van der Waals surface area (Å²) in [6.45, 7) is 2.25. The zero-order valence-corrected chi connectivity index (χ0v) is 15.8. The Kier molecular flexibility index (Phi) is 5.57. The van der Waals surface area contributed by atoms with E-state index in [0.29, 0.717) is 18.3 Å². The van der Waals surface area contributed by atoms with Crippen molar-refractivity contribution >= 4 is 12.2 Å². The van der Waals surface area contributed by atoms with E-state index in [4.69, 9.17) is 9.15 Å². The summed E-state index contributed by atoms with van der Waals surface area (Å²) in [6, 6.07) is 17.7. The normalized spacial score (nSPS) is 11.5. The Morgan fingerprint density at radius 1 is 1.00 bits per heavy atom. The third-order valence-electron chi connectivity index (χ3n) is 4.18. The fraction of sp³-hybridized carbons (Fsp3) is 0.0909. The molecule has 1 N–H and O–H groups in total. The molecular weight excluding hydrogens is 366 g/mol. The lowest BCUT2D eigenvalue weighted by Crippen LogP contribution is -1.97. The maximum absolute atomic E-state index is 5.86. The van der Waals surface area contributed by atoms with Crippen LogP contribution in [0.2, 0.25) is 0 Å². The second-order valence-corrected chi connectivity index (χ2v) is 6.23. The number of aromatic amines is 1. The van der Waals surface area contributed by atoms with E-state index in [1.54, 1.807) is 6.08 Å². The monoisotopic (exact) mass is 385 g/mol. The smallest absolute Gasteiger partial charge is 0.226 e. The number of aryl methyl sites for hydroxylation is 1. The quantitative estimate of drug-likeness (QED) is 0.472. The number of nitrogens with one attached hydrogen (secondary N) is 1. The highest BCUT2D eigenvalue weighted by molar-refractivity contribution is 5.55. The Balaban J connectivity index is 1.34. The Morgan fingerprint density at radius 2 is 1.79 bits per heavy atom. The molecule has 144 valence electrons. The van der Waals surface area contributed by atoms with E-state index in [1.165, 1.54) is 0 Å².